The maximum atomic E-state index is 15.0. The smallest absolute Gasteiger partial charge is 0.413 e. The molecule has 72 heavy (non-hydrogen) atoms. The lowest BCUT2D eigenvalue weighted by Gasteiger charge is -2.49. The lowest BCUT2D eigenvalue weighted by molar-refractivity contribution is -0.154. The molecule has 3 amide bonds. The van der Waals surface area contributed by atoms with E-state index in [9.17, 15) is 19.2 Å². The molecule has 2 atom stereocenters. The quantitative estimate of drug-likeness (QED) is 0.0167. The molecule has 2 N–H and O–H groups in total. The van der Waals surface area contributed by atoms with E-state index < -0.39 is 52.6 Å². The Morgan fingerprint density at radius 3 is 1.89 bits per heavy atom. The molecule has 0 spiro atoms. The topological polar surface area (TPSA) is 192 Å². The predicted molar refractivity (Wildman–Crippen MR) is 279 cm³/mol. The van der Waals surface area contributed by atoms with Crippen molar-refractivity contribution in [2.45, 2.75) is 54.6 Å². The molecule has 366 valence electrons. The fraction of sp³-hybridized carbons (Fsp3) is 0.212. The van der Waals surface area contributed by atoms with Crippen LogP contribution in [0.3, 0.4) is 0 Å². The molecule has 0 radical (unpaired) electrons. The molecule has 0 saturated carbocycles. The minimum absolute atomic E-state index is 0.0531. The second-order valence-electron chi connectivity index (χ2n) is 17.2. The van der Waals surface area contributed by atoms with Gasteiger partial charge in [-0.2, -0.15) is 4.80 Å². The number of anilines is 1. The fourth-order valence-electron chi connectivity index (χ4n) is 7.95. The number of hydrogen-bond acceptors (Lipinski definition) is 16. The van der Waals surface area contributed by atoms with E-state index in [1.807, 2.05) is 152 Å². The molecule has 1 saturated heterocycles. The number of oxime groups is 1. The largest absolute Gasteiger partial charge is 0.448 e. The highest BCUT2D eigenvalue weighted by Gasteiger charge is 2.55. The van der Waals surface area contributed by atoms with Crippen molar-refractivity contribution in [3.8, 4) is 0 Å². The average Bonchev–Trinajstić information content (AvgIpc) is 4.04. The molecule has 16 nitrogen and oxygen atoms in total. The number of ether oxygens (including phenoxy) is 2. The first-order valence-corrected chi connectivity index (χ1v) is 26.5. The van der Waals surface area contributed by atoms with Crippen molar-refractivity contribution in [2.75, 3.05) is 16.2 Å². The number of thiazole rings is 1. The maximum absolute atomic E-state index is 15.0. The minimum Gasteiger partial charge on any atom is -0.448 e. The molecule has 1 unspecified atom stereocenters. The summed E-state index contributed by atoms with van der Waals surface area (Å²) in [5, 5.41) is 24.3. The van der Waals surface area contributed by atoms with Crippen LogP contribution in [0.4, 0.5) is 9.93 Å². The standard InChI is InChI=1S/C52H47N9O7S4/c1-51(2,3)67-50(65)55-48-53-38(30-70-48)40(58-68-52(35-24-14-7-15-25-35,36-26-16-8-17-27-36)37-28-18-9-19-29-37)44(62)54-41-45(63)61-42(39(31-69-46(41)61)71-32-72-49-56-59-60(4)57-49)47(64)66-43(33-20-10-5-11-21-33)34-22-12-6-13-23-34/h5-30,41,43,46H,31-32H2,1-4H3,(H,54,62)(H,53,55,65)/b58-40-/t41?,46-/m0/s1. The first kappa shape index (κ1) is 49.7. The van der Waals surface area contributed by atoms with Crippen LogP contribution >= 0.6 is 46.6 Å². The number of nitrogens with zero attached hydrogens (tertiary/aromatic N) is 7. The van der Waals surface area contributed by atoms with E-state index in [2.05, 4.69) is 36.2 Å². The maximum Gasteiger partial charge on any atom is 0.413 e. The second kappa shape index (κ2) is 22.0. The van der Waals surface area contributed by atoms with Crippen molar-refractivity contribution in [1.29, 1.82) is 0 Å². The molecular weight excluding hydrogens is 991 g/mol. The molecule has 0 aliphatic carbocycles. The van der Waals surface area contributed by atoms with E-state index in [0.29, 0.717) is 37.6 Å². The Morgan fingerprint density at radius 1 is 0.806 bits per heavy atom. The Labute approximate surface area is 432 Å². The van der Waals surface area contributed by atoms with E-state index in [1.165, 1.54) is 45.0 Å². The number of amides is 3. The number of esters is 1. The number of aryl methyl sites for hydroxylation is 1. The summed E-state index contributed by atoms with van der Waals surface area (Å²) in [6.07, 6.45) is -1.53. The van der Waals surface area contributed by atoms with Crippen molar-refractivity contribution in [1.82, 2.24) is 35.4 Å². The van der Waals surface area contributed by atoms with Gasteiger partial charge in [-0.15, -0.1) is 45.1 Å². The van der Waals surface area contributed by atoms with Gasteiger partial charge in [-0.25, -0.2) is 14.6 Å². The van der Waals surface area contributed by atoms with Gasteiger partial charge in [0.25, 0.3) is 11.8 Å². The fourth-order valence-corrected chi connectivity index (χ4v) is 12.2. The van der Waals surface area contributed by atoms with Crippen LogP contribution in [0.25, 0.3) is 0 Å². The van der Waals surface area contributed by atoms with Crippen LogP contribution in [0.5, 0.6) is 0 Å². The van der Waals surface area contributed by atoms with Gasteiger partial charge < -0.3 is 19.6 Å². The predicted octanol–water partition coefficient (Wildman–Crippen LogP) is 9.15. The first-order valence-electron chi connectivity index (χ1n) is 22.6. The van der Waals surface area contributed by atoms with Crippen LogP contribution < -0.4 is 10.6 Å². The van der Waals surface area contributed by atoms with Gasteiger partial charge in [0.15, 0.2) is 16.9 Å². The highest BCUT2D eigenvalue weighted by atomic mass is 32.2. The number of thioether (sulfide) groups is 3. The third-order valence-corrected chi connectivity index (χ3v) is 15.4. The van der Waals surface area contributed by atoms with Crippen molar-refractivity contribution < 1.29 is 33.5 Å². The number of aromatic nitrogens is 5. The zero-order valence-electron chi connectivity index (χ0n) is 39.3. The van der Waals surface area contributed by atoms with Gasteiger partial charge >= 0.3 is 12.1 Å². The normalized spacial score (nSPS) is 15.9. The molecule has 1 fully saturated rings. The Morgan fingerprint density at radius 2 is 1.36 bits per heavy atom. The Kier molecular flexibility index (Phi) is 15.2. The second-order valence-corrected chi connectivity index (χ2v) is 21.5. The highest BCUT2D eigenvalue weighted by Crippen LogP contribution is 2.46. The van der Waals surface area contributed by atoms with E-state index in [4.69, 9.17) is 14.3 Å². The number of tetrazole rings is 1. The monoisotopic (exact) mass is 1040 g/mol. The third kappa shape index (κ3) is 11.1. The third-order valence-electron chi connectivity index (χ3n) is 11.1. The van der Waals surface area contributed by atoms with Crippen molar-refractivity contribution >= 4 is 81.3 Å². The van der Waals surface area contributed by atoms with Gasteiger partial charge in [-0.1, -0.05) is 169 Å². The van der Waals surface area contributed by atoms with E-state index >= 15 is 0 Å². The van der Waals surface area contributed by atoms with E-state index in [0.717, 1.165) is 22.5 Å². The van der Waals surface area contributed by atoms with Gasteiger partial charge in [-0.05, 0) is 37.1 Å². The summed E-state index contributed by atoms with van der Waals surface area (Å²) in [4.78, 5) is 71.9. The van der Waals surface area contributed by atoms with Gasteiger partial charge in [-0.3, -0.25) is 19.8 Å². The van der Waals surface area contributed by atoms with Crippen LogP contribution in [0, 0.1) is 0 Å². The summed E-state index contributed by atoms with van der Waals surface area (Å²) in [5.41, 5.74) is 1.31. The number of benzene rings is 5. The number of β-lactam (4-membered cyclic amide) rings is 1. The summed E-state index contributed by atoms with van der Waals surface area (Å²) < 4.78 is 11.8. The van der Waals surface area contributed by atoms with Gasteiger partial charge in [0.1, 0.15) is 28.4 Å². The van der Waals surface area contributed by atoms with Crippen LogP contribution in [-0.4, -0.2) is 87.5 Å². The van der Waals surface area contributed by atoms with Crippen molar-refractivity contribution in [3.05, 3.63) is 201 Å². The molecular formula is C52H47N9O7S4. The van der Waals surface area contributed by atoms with Crippen LogP contribution in [-0.2, 0) is 41.3 Å². The lowest BCUT2D eigenvalue weighted by atomic mass is 9.80. The molecule has 2 aliphatic rings. The molecule has 20 heteroatoms. The Hall–Kier alpha value is -7.26. The number of nitrogens with one attached hydrogen (secondary N) is 2. The van der Waals surface area contributed by atoms with Crippen LogP contribution in [0.2, 0.25) is 0 Å². The van der Waals surface area contributed by atoms with Gasteiger partial charge in [0, 0.05) is 32.7 Å². The molecule has 5 aromatic carbocycles. The average molecular weight is 1040 g/mol. The molecule has 2 aromatic heterocycles. The zero-order valence-corrected chi connectivity index (χ0v) is 42.5. The molecule has 2 aliphatic heterocycles. The highest BCUT2D eigenvalue weighted by molar-refractivity contribution is 8.18. The summed E-state index contributed by atoms with van der Waals surface area (Å²) >= 11 is 5.15. The summed E-state index contributed by atoms with van der Waals surface area (Å²) in [6, 6.07) is 46.2. The SMILES string of the molecule is Cn1nnc(SCSC2=C(C(=O)OC(c3ccccc3)c3ccccc3)N3C(=O)C(NC(=O)/C(=N\OC(c4ccccc4)(c4ccccc4)c4ccccc4)c4csc(NC(=O)OC(C)(C)C)n4)[C@@H]3SC2)n1. The zero-order chi connectivity index (χ0) is 50.2. The van der Waals surface area contributed by atoms with Crippen molar-refractivity contribution in [3.63, 3.8) is 0 Å². The van der Waals surface area contributed by atoms with Crippen LogP contribution in [0.15, 0.2) is 178 Å². The molecule has 4 heterocycles. The molecule has 9 rings (SSSR count). The molecule has 0 bridgehead atoms. The number of fused-ring (bicyclic) bond motifs is 1. The Bertz CT molecular complexity index is 2960. The summed E-state index contributed by atoms with van der Waals surface area (Å²) in [7, 11) is 1.67. The van der Waals surface area contributed by atoms with Gasteiger partial charge in [0.05, 0.1) is 12.1 Å². The number of carbonyl (C=O) groups excluding carboxylic acids is 4. The van der Waals surface area contributed by atoms with Gasteiger partial charge in [0.2, 0.25) is 10.8 Å². The number of rotatable bonds is 17. The van der Waals surface area contributed by atoms with Crippen molar-refractivity contribution in [2.24, 2.45) is 12.2 Å². The van der Waals surface area contributed by atoms with E-state index in [1.54, 1.807) is 33.2 Å². The Balaban J connectivity index is 1.05. The van der Waals surface area contributed by atoms with Crippen LogP contribution in [0.1, 0.15) is 60.4 Å². The lowest BCUT2D eigenvalue weighted by Crippen LogP contribution is -2.71. The summed E-state index contributed by atoms with van der Waals surface area (Å²) in [5.74, 6) is -1.72. The molecule has 7 aromatic rings. The van der Waals surface area contributed by atoms with E-state index in [-0.39, 0.29) is 22.2 Å². The number of carbonyl (C=O) groups is 4. The minimum atomic E-state index is -1.39. The first-order chi connectivity index (χ1) is 34.9. The number of hydrogen-bond donors (Lipinski definition) is 2. The summed E-state index contributed by atoms with van der Waals surface area (Å²) in [6.45, 7) is 5.22.